The Kier molecular flexibility index (Phi) is 4.06. The van der Waals surface area contributed by atoms with Crippen molar-refractivity contribution in [3.05, 3.63) is 53.2 Å². The van der Waals surface area contributed by atoms with Crippen LogP contribution in [0.1, 0.15) is 17.6 Å². The lowest BCUT2D eigenvalue weighted by Gasteiger charge is -2.13. The summed E-state index contributed by atoms with van der Waals surface area (Å²) in [6.45, 7) is 0. The lowest BCUT2D eigenvalue weighted by molar-refractivity contribution is 0.685. The largest absolute Gasteiger partial charge is 0.262 e. The topological polar surface area (TPSA) is 63.4 Å². The summed E-state index contributed by atoms with van der Waals surface area (Å²) < 4.78 is 3.71. The van der Waals surface area contributed by atoms with E-state index in [1.807, 2.05) is 24.5 Å². The van der Waals surface area contributed by atoms with Crippen LogP contribution in [0.25, 0.3) is 0 Å². The molecule has 0 bridgehead atoms. The number of pyridine rings is 1. The second-order valence-corrected chi connectivity index (χ2v) is 5.05. The number of nitroso groups, excluding NO2 is 1. The van der Waals surface area contributed by atoms with Crippen LogP contribution in [-0.2, 0) is 0 Å². The van der Waals surface area contributed by atoms with Gasteiger partial charge in [0, 0.05) is 30.7 Å². The highest BCUT2D eigenvalue weighted by Gasteiger charge is 2.21. The smallest absolute Gasteiger partial charge is 0.192 e. The van der Waals surface area contributed by atoms with Crippen molar-refractivity contribution in [1.29, 1.82) is 0 Å². The van der Waals surface area contributed by atoms with Gasteiger partial charge in [-0.25, -0.2) is 9.29 Å². The van der Waals surface area contributed by atoms with Crippen LogP contribution in [0.4, 0.5) is 0 Å². The quantitative estimate of drug-likeness (QED) is 0.610. The summed E-state index contributed by atoms with van der Waals surface area (Å²) in [5.41, 5.74) is 0.597. The fraction of sp³-hybridized carbons (Fsp3) is 0.273. The van der Waals surface area contributed by atoms with E-state index < -0.39 is 6.04 Å². The number of rotatable bonds is 5. The van der Waals surface area contributed by atoms with Gasteiger partial charge in [-0.05, 0) is 26.2 Å². The zero-order valence-corrected chi connectivity index (χ0v) is 10.9. The van der Waals surface area contributed by atoms with Crippen molar-refractivity contribution < 1.29 is 0 Å². The van der Waals surface area contributed by atoms with Gasteiger partial charge in [-0.2, -0.15) is 0 Å². The molecule has 0 aliphatic rings. The van der Waals surface area contributed by atoms with Gasteiger partial charge in [0.1, 0.15) is 0 Å². The minimum atomic E-state index is -0.686. The number of imidazole rings is 1. The maximum Gasteiger partial charge on any atom is 0.192 e. The third-order valence-corrected chi connectivity index (χ3v) is 3.02. The Morgan fingerprint density at radius 3 is 2.78 bits per heavy atom. The second-order valence-electron chi connectivity index (χ2n) is 3.77. The van der Waals surface area contributed by atoms with E-state index in [9.17, 15) is 4.91 Å². The SMILES string of the molecule is CN(C)Sn1ccnc1C(N=O)c1ccccn1. The monoisotopic (exact) mass is 263 g/mol. The van der Waals surface area contributed by atoms with Gasteiger partial charge in [-0.3, -0.25) is 8.96 Å². The van der Waals surface area contributed by atoms with Gasteiger partial charge >= 0.3 is 0 Å². The van der Waals surface area contributed by atoms with Crippen LogP contribution in [0.5, 0.6) is 0 Å². The Hall–Kier alpha value is -1.73. The van der Waals surface area contributed by atoms with E-state index >= 15 is 0 Å². The van der Waals surface area contributed by atoms with E-state index in [1.54, 1.807) is 34.7 Å². The highest BCUT2D eigenvalue weighted by atomic mass is 32.2. The molecule has 0 radical (unpaired) electrons. The molecule has 0 spiro atoms. The van der Waals surface area contributed by atoms with Crippen LogP contribution < -0.4 is 0 Å². The summed E-state index contributed by atoms with van der Waals surface area (Å²) in [6.07, 6.45) is 5.08. The van der Waals surface area contributed by atoms with Crippen molar-refractivity contribution in [3.8, 4) is 0 Å². The molecule has 0 saturated carbocycles. The van der Waals surface area contributed by atoms with Gasteiger partial charge in [0.05, 0.1) is 5.69 Å². The molecule has 2 aromatic rings. The first kappa shape index (κ1) is 12.7. The molecule has 1 atom stereocenters. The van der Waals surface area contributed by atoms with Crippen LogP contribution in [0.3, 0.4) is 0 Å². The molecule has 2 aromatic heterocycles. The van der Waals surface area contributed by atoms with Crippen LogP contribution in [0.2, 0.25) is 0 Å². The van der Waals surface area contributed by atoms with Crippen molar-refractivity contribution in [3.63, 3.8) is 0 Å². The third kappa shape index (κ3) is 2.74. The Bertz CT molecular complexity index is 513. The summed E-state index contributed by atoms with van der Waals surface area (Å²) in [6, 6.07) is 4.71. The molecule has 7 heteroatoms. The maximum absolute atomic E-state index is 11.1. The highest BCUT2D eigenvalue weighted by molar-refractivity contribution is 7.95. The Morgan fingerprint density at radius 2 is 2.17 bits per heavy atom. The summed E-state index contributed by atoms with van der Waals surface area (Å²) in [5.74, 6) is 0.572. The fourth-order valence-corrected chi connectivity index (χ4v) is 2.20. The average Bonchev–Trinajstić information content (AvgIpc) is 2.79. The van der Waals surface area contributed by atoms with E-state index in [1.165, 1.54) is 12.1 Å². The molecule has 6 nitrogen and oxygen atoms in total. The van der Waals surface area contributed by atoms with E-state index in [2.05, 4.69) is 15.1 Å². The molecule has 0 amide bonds. The van der Waals surface area contributed by atoms with Gasteiger partial charge in [0.2, 0.25) is 0 Å². The van der Waals surface area contributed by atoms with Crippen LogP contribution in [-0.4, -0.2) is 32.3 Å². The molecule has 94 valence electrons. The minimum Gasteiger partial charge on any atom is -0.262 e. The molecule has 2 heterocycles. The van der Waals surface area contributed by atoms with Gasteiger partial charge in [0.15, 0.2) is 11.9 Å². The van der Waals surface area contributed by atoms with Crippen LogP contribution in [0.15, 0.2) is 42.0 Å². The zero-order valence-electron chi connectivity index (χ0n) is 10.1. The second kappa shape index (κ2) is 5.74. The van der Waals surface area contributed by atoms with Crippen molar-refractivity contribution in [2.45, 2.75) is 6.04 Å². The molecule has 0 N–H and O–H groups in total. The summed E-state index contributed by atoms with van der Waals surface area (Å²) in [5, 5.41) is 3.14. The van der Waals surface area contributed by atoms with Gasteiger partial charge in [-0.1, -0.05) is 11.2 Å². The van der Waals surface area contributed by atoms with E-state index in [0.29, 0.717) is 11.5 Å². The molecule has 2 rings (SSSR count). The number of hydrogen-bond donors (Lipinski definition) is 0. The molecule has 0 aliphatic carbocycles. The van der Waals surface area contributed by atoms with Crippen molar-refractivity contribution >= 4 is 12.1 Å². The van der Waals surface area contributed by atoms with E-state index in [-0.39, 0.29) is 0 Å². The van der Waals surface area contributed by atoms with Gasteiger partial charge in [0.25, 0.3) is 0 Å². The Balaban J connectivity index is 2.34. The summed E-state index contributed by atoms with van der Waals surface area (Å²) >= 11 is 1.43. The first-order chi connectivity index (χ1) is 8.72. The number of hydrogen-bond acceptors (Lipinski definition) is 6. The summed E-state index contributed by atoms with van der Waals surface area (Å²) in [7, 11) is 3.83. The Morgan fingerprint density at radius 1 is 1.33 bits per heavy atom. The fourth-order valence-electron chi connectivity index (χ4n) is 1.51. The van der Waals surface area contributed by atoms with Crippen molar-refractivity contribution in [2.24, 2.45) is 5.18 Å². The lowest BCUT2D eigenvalue weighted by atomic mass is 10.2. The van der Waals surface area contributed by atoms with Gasteiger partial charge < -0.3 is 0 Å². The predicted octanol–water partition coefficient (Wildman–Crippen LogP) is 2.11. The highest BCUT2D eigenvalue weighted by Crippen LogP contribution is 2.25. The maximum atomic E-state index is 11.1. The van der Waals surface area contributed by atoms with E-state index in [4.69, 9.17) is 0 Å². The van der Waals surface area contributed by atoms with Crippen molar-refractivity contribution in [1.82, 2.24) is 18.2 Å². The first-order valence-electron chi connectivity index (χ1n) is 5.35. The molecular weight excluding hydrogens is 250 g/mol. The van der Waals surface area contributed by atoms with Crippen LogP contribution >= 0.6 is 12.1 Å². The Labute approximate surface area is 109 Å². The van der Waals surface area contributed by atoms with Crippen LogP contribution in [0, 0.1) is 4.91 Å². The normalized spacial score (nSPS) is 12.6. The lowest BCUT2D eigenvalue weighted by Crippen LogP contribution is -2.10. The molecule has 18 heavy (non-hydrogen) atoms. The predicted molar refractivity (Wildman–Crippen MR) is 70.8 cm³/mol. The molecule has 0 aliphatic heterocycles. The first-order valence-corrected chi connectivity index (χ1v) is 6.08. The third-order valence-electron chi connectivity index (χ3n) is 2.20. The standard InChI is InChI=1S/C11H13N5OS/c1-15(2)18-16-8-7-13-11(16)10(14-17)9-5-3-4-6-12-9/h3-8,10H,1-2H3. The van der Waals surface area contributed by atoms with E-state index in [0.717, 1.165) is 0 Å². The minimum absolute atomic E-state index is 0.572. The number of aromatic nitrogens is 3. The molecular formula is C11H13N5OS. The molecule has 1 unspecified atom stereocenters. The zero-order chi connectivity index (χ0) is 13.0. The summed E-state index contributed by atoms with van der Waals surface area (Å²) in [4.78, 5) is 19.4. The average molecular weight is 263 g/mol. The van der Waals surface area contributed by atoms with Gasteiger partial charge in [-0.15, -0.1) is 4.91 Å². The number of nitrogens with zero attached hydrogens (tertiary/aromatic N) is 5. The molecule has 0 aromatic carbocycles. The van der Waals surface area contributed by atoms with Crippen molar-refractivity contribution in [2.75, 3.05) is 14.1 Å². The molecule has 0 fully saturated rings. The molecule has 0 saturated heterocycles.